The van der Waals surface area contributed by atoms with Crippen LogP contribution in [0.5, 0.6) is 0 Å². The molecule has 0 bridgehead atoms. The molecule has 0 saturated carbocycles. The van der Waals surface area contributed by atoms with E-state index in [1.807, 2.05) is 32.2 Å². The molecule has 1 saturated heterocycles. The smallest absolute Gasteiger partial charge is 0.223 e. The lowest BCUT2D eigenvalue weighted by molar-refractivity contribution is -0.134. The minimum Gasteiger partial charge on any atom is -0.352 e. The monoisotopic (exact) mass is 328 g/mol. The highest BCUT2D eigenvalue weighted by Crippen LogP contribution is 2.19. The van der Waals surface area contributed by atoms with E-state index in [1.165, 1.54) is 0 Å². The van der Waals surface area contributed by atoms with Crippen molar-refractivity contribution in [2.45, 2.75) is 33.2 Å². The van der Waals surface area contributed by atoms with Crippen molar-refractivity contribution in [1.29, 1.82) is 0 Å². The number of aryl methyl sites for hydroxylation is 2. The zero-order chi connectivity index (χ0) is 17.3. The van der Waals surface area contributed by atoms with E-state index in [-0.39, 0.29) is 17.7 Å². The van der Waals surface area contributed by atoms with Crippen molar-refractivity contribution in [1.82, 2.24) is 19.8 Å². The van der Waals surface area contributed by atoms with Gasteiger partial charge in [0.25, 0.3) is 0 Å². The molecular formula is C18H24N4O2. The molecule has 1 aliphatic heterocycles. The normalized spacial score (nSPS) is 15.7. The number of hydrogen-bond acceptors (Lipinski definition) is 3. The molecule has 1 fully saturated rings. The zero-order valence-corrected chi connectivity index (χ0v) is 14.5. The average molecular weight is 328 g/mol. The summed E-state index contributed by atoms with van der Waals surface area (Å²) in [5.41, 5.74) is 3.10. The fourth-order valence-electron chi connectivity index (χ4n) is 3.27. The van der Waals surface area contributed by atoms with Gasteiger partial charge in [-0.15, -0.1) is 0 Å². The van der Waals surface area contributed by atoms with Crippen LogP contribution in [0.3, 0.4) is 0 Å². The molecule has 0 radical (unpaired) electrons. The summed E-state index contributed by atoms with van der Waals surface area (Å²) in [7, 11) is 2.00. The second-order valence-electron chi connectivity index (χ2n) is 6.54. The van der Waals surface area contributed by atoms with Crippen molar-refractivity contribution >= 4 is 22.8 Å². The molecule has 1 aromatic heterocycles. The van der Waals surface area contributed by atoms with Crippen LogP contribution >= 0.6 is 0 Å². The van der Waals surface area contributed by atoms with Crippen molar-refractivity contribution in [3.63, 3.8) is 0 Å². The predicted molar refractivity (Wildman–Crippen MR) is 92.3 cm³/mol. The Kier molecular flexibility index (Phi) is 4.55. The van der Waals surface area contributed by atoms with Crippen molar-refractivity contribution in [3.05, 3.63) is 29.6 Å². The molecule has 128 valence electrons. The number of nitrogens with zero attached hydrogens (tertiary/aromatic N) is 3. The maximum atomic E-state index is 12.3. The fourth-order valence-corrected chi connectivity index (χ4v) is 3.27. The topological polar surface area (TPSA) is 67.2 Å². The van der Waals surface area contributed by atoms with E-state index in [9.17, 15) is 9.59 Å². The minimum absolute atomic E-state index is 0.00132. The molecule has 2 aromatic rings. The lowest BCUT2D eigenvalue weighted by Gasteiger charge is -2.30. The largest absolute Gasteiger partial charge is 0.352 e. The van der Waals surface area contributed by atoms with Crippen molar-refractivity contribution in [2.75, 3.05) is 13.1 Å². The van der Waals surface area contributed by atoms with Crippen LogP contribution in [-0.2, 0) is 23.2 Å². The van der Waals surface area contributed by atoms with E-state index in [0.29, 0.717) is 19.6 Å². The van der Waals surface area contributed by atoms with Crippen LogP contribution in [0.25, 0.3) is 11.0 Å². The van der Waals surface area contributed by atoms with Gasteiger partial charge in [-0.1, -0.05) is 6.07 Å². The summed E-state index contributed by atoms with van der Waals surface area (Å²) in [5.74, 6) is 1.15. The second-order valence-corrected chi connectivity index (χ2v) is 6.54. The number of fused-ring (bicyclic) bond motifs is 1. The number of piperidine rings is 1. The third kappa shape index (κ3) is 3.27. The lowest BCUT2D eigenvalue weighted by Crippen LogP contribution is -2.42. The van der Waals surface area contributed by atoms with E-state index in [1.54, 1.807) is 11.8 Å². The molecule has 6 heteroatoms. The van der Waals surface area contributed by atoms with Crippen LogP contribution in [0.4, 0.5) is 0 Å². The molecule has 0 spiro atoms. The summed E-state index contributed by atoms with van der Waals surface area (Å²) in [4.78, 5) is 30.0. The first-order valence-electron chi connectivity index (χ1n) is 8.41. The van der Waals surface area contributed by atoms with Gasteiger partial charge in [-0.05, 0) is 37.5 Å². The van der Waals surface area contributed by atoms with Gasteiger partial charge in [0.15, 0.2) is 0 Å². The number of carbonyl (C=O) groups excluding carboxylic acids is 2. The maximum Gasteiger partial charge on any atom is 0.223 e. The minimum atomic E-state index is 0.00132. The summed E-state index contributed by atoms with van der Waals surface area (Å²) >= 11 is 0. The number of benzene rings is 1. The standard InChI is InChI=1S/C18H24N4O2/c1-12-20-16-10-14(4-5-17(16)21(12)3)11-19-18(24)15-6-8-22(9-7-15)13(2)23/h4-5,10,15H,6-9,11H2,1-3H3,(H,19,24). The number of nitrogens with one attached hydrogen (secondary N) is 1. The Morgan fingerprint density at radius 2 is 2.00 bits per heavy atom. The van der Waals surface area contributed by atoms with Gasteiger partial charge in [0, 0.05) is 39.5 Å². The van der Waals surface area contributed by atoms with Crippen LogP contribution in [0, 0.1) is 12.8 Å². The van der Waals surface area contributed by atoms with Crippen LogP contribution in [0.2, 0.25) is 0 Å². The summed E-state index contributed by atoms with van der Waals surface area (Å²) in [6, 6.07) is 6.10. The molecule has 1 aromatic carbocycles. The molecule has 0 atom stereocenters. The summed E-state index contributed by atoms with van der Waals surface area (Å²) in [5, 5.41) is 3.02. The Labute approximate surface area is 141 Å². The van der Waals surface area contributed by atoms with Gasteiger partial charge >= 0.3 is 0 Å². The zero-order valence-electron chi connectivity index (χ0n) is 14.5. The SMILES string of the molecule is CC(=O)N1CCC(C(=O)NCc2ccc3c(c2)nc(C)n3C)CC1. The van der Waals surface area contributed by atoms with Gasteiger partial charge in [0.2, 0.25) is 11.8 Å². The fraction of sp³-hybridized carbons (Fsp3) is 0.500. The third-order valence-electron chi connectivity index (χ3n) is 4.95. The molecule has 1 aliphatic rings. The molecule has 2 amide bonds. The Balaban J connectivity index is 1.57. The van der Waals surface area contributed by atoms with Gasteiger partial charge < -0.3 is 14.8 Å². The summed E-state index contributed by atoms with van der Waals surface area (Å²) in [6.07, 6.45) is 1.48. The van der Waals surface area contributed by atoms with Crippen LogP contribution in [0.15, 0.2) is 18.2 Å². The number of amides is 2. The van der Waals surface area contributed by atoms with Gasteiger partial charge in [0.1, 0.15) is 5.82 Å². The maximum absolute atomic E-state index is 12.3. The van der Waals surface area contributed by atoms with E-state index in [2.05, 4.69) is 14.9 Å². The van der Waals surface area contributed by atoms with Gasteiger partial charge in [-0.2, -0.15) is 0 Å². The van der Waals surface area contributed by atoms with Crippen molar-refractivity contribution in [2.24, 2.45) is 13.0 Å². The molecule has 24 heavy (non-hydrogen) atoms. The highest BCUT2D eigenvalue weighted by Gasteiger charge is 2.25. The highest BCUT2D eigenvalue weighted by molar-refractivity contribution is 5.80. The van der Waals surface area contributed by atoms with Gasteiger partial charge in [0.05, 0.1) is 11.0 Å². The number of imidazole rings is 1. The first-order chi connectivity index (χ1) is 11.5. The Morgan fingerprint density at radius 1 is 1.29 bits per heavy atom. The molecule has 0 unspecified atom stereocenters. The third-order valence-corrected chi connectivity index (χ3v) is 4.95. The first kappa shape index (κ1) is 16.5. The van der Waals surface area contributed by atoms with Crippen molar-refractivity contribution < 1.29 is 9.59 Å². The predicted octanol–water partition coefficient (Wildman–Crippen LogP) is 1.76. The Bertz CT molecular complexity index is 773. The number of hydrogen-bond donors (Lipinski definition) is 1. The average Bonchev–Trinajstić information content (AvgIpc) is 2.86. The first-order valence-corrected chi connectivity index (χ1v) is 8.41. The lowest BCUT2D eigenvalue weighted by atomic mass is 9.96. The van der Waals surface area contributed by atoms with E-state index >= 15 is 0 Å². The number of aromatic nitrogens is 2. The Hall–Kier alpha value is -2.37. The van der Waals surface area contributed by atoms with Gasteiger partial charge in [-0.3, -0.25) is 9.59 Å². The molecule has 2 heterocycles. The number of rotatable bonds is 3. The quantitative estimate of drug-likeness (QED) is 0.933. The summed E-state index contributed by atoms with van der Waals surface area (Å²) in [6.45, 7) is 5.42. The summed E-state index contributed by atoms with van der Waals surface area (Å²) < 4.78 is 2.06. The van der Waals surface area contributed by atoms with Crippen LogP contribution < -0.4 is 5.32 Å². The number of likely N-dealkylation sites (tertiary alicyclic amines) is 1. The van der Waals surface area contributed by atoms with Crippen LogP contribution in [-0.4, -0.2) is 39.4 Å². The Morgan fingerprint density at radius 3 is 2.67 bits per heavy atom. The molecule has 6 nitrogen and oxygen atoms in total. The number of carbonyl (C=O) groups is 2. The van der Waals surface area contributed by atoms with Crippen LogP contribution in [0.1, 0.15) is 31.2 Å². The van der Waals surface area contributed by atoms with Crippen molar-refractivity contribution in [3.8, 4) is 0 Å². The molecule has 3 rings (SSSR count). The van der Waals surface area contributed by atoms with E-state index in [0.717, 1.165) is 35.3 Å². The van der Waals surface area contributed by atoms with E-state index < -0.39 is 0 Å². The molecule has 1 N–H and O–H groups in total. The molecule has 0 aliphatic carbocycles. The second kappa shape index (κ2) is 6.63. The highest BCUT2D eigenvalue weighted by atomic mass is 16.2. The molecular weight excluding hydrogens is 304 g/mol. The van der Waals surface area contributed by atoms with Gasteiger partial charge in [-0.25, -0.2) is 4.98 Å². The van der Waals surface area contributed by atoms with E-state index in [4.69, 9.17) is 0 Å².